The summed E-state index contributed by atoms with van der Waals surface area (Å²) in [4.78, 5) is 0. The summed E-state index contributed by atoms with van der Waals surface area (Å²) in [7, 11) is 0. The van der Waals surface area contributed by atoms with Gasteiger partial charge in [0.25, 0.3) is 0 Å². The molecule has 2 heterocycles. The van der Waals surface area contributed by atoms with Gasteiger partial charge >= 0.3 is 0 Å². The highest BCUT2D eigenvalue weighted by Crippen LogP contribution is 2.34. The third kappa shape index (κ3) is 2.75. The van der Waals surface area contributed by atoms with Crippen LogP contribution in [0.15, 0.2) is 35.9 Å². The molecule has 1 aromatic carbocycles. The maximum atomic E-state index is 4.78. The van der Waals surface area contributed by atoms with Gasteiger partial charge in [-0.3, -0.25) is 4.68 Å². The molecule has 4 rings (SSSR count). The lowest BCUT2D eigenvalue weighted by molar-refractivity contribution is 0.681. The van der Waals surface area contributed by atoms with Crippen LogP contribution in [0, 0.1) is 0 Å². The van der Waals surface area contributed by atoms with Gasteiger partial charge in [0, 0.05) is 5.56 Å². The molecule has 6 heteroatoms. The van der Waals surface area contributed by atoms with Crippen LogP contribution in [0.4, 0.5) is 0 Å². The molecule has 0 unspecified atom stereocenters. The molecule has 0 spiro atoms. The number of hydrogen-bond acceptors (Lipinski definition) is 4. The molecular weight excluding hydrogens is 300 g/mol. The predicted molar refractivity (Wildman–Crippen MR) is 92.1 cm³/mol. The molecule has 0 saturated carbocycles. The SMILES string of the molecule is CCCCC1=Cc2c(c(-c3nnn[nH]3)nn2Cc2ccccc2)C1. The van der Waals surface area contributed by atoms with Crippen molar-refractivity contribution in [3.05, 3.63) is 52.7 Å². The number of nitrogens with one attached hydrogen (secondary N) is 1. The zero-order chi connectivity index (χ0) is 16.4. The minimum atomic E-state index is 0.642. The average Bonchev–Trinajstić information content (AvgIpc) is 3.32. The summed E-state index contributed by atoms with van der Waals surface area (Å²) in [6.07, 6.45) is 6.82. The summed E-state index contributed by atoms with van der Waals surface area (Å²) in [5.41, 5.74) is 6.00. The molecule has 1 aliphatic rings. The summed E-state index contributed by atoms with van der Waals surface area (Å²) in [6.45, 7) is 2.98. The van der Waals surface area contributed by atoms with Crippen LogP contribution in [0.1, 0.15) is 43.0 Å². The van der Waals surface area contributed by atoms with Crippen molar-refractivity contribution < 1.29 is 0 Å². The van der Waals surface area contributed by atoms with Crippen molar-refractivity contribution in [3.63, 3.8) is 0 Å². The van der Waals surface area contributed by atoms with E-state index in [0.29, 0.717) is 5.82 Å². The van der Waals surface area contributed by atoms with E-state index in [9.17, 15) is 0 Å². The fourth-order valence-electron chi connectivity index (χ4n) is 3.21. The van der Waals surface area contributed by atoms with Crippen LogP contribution in [-0.2, 0) is 13.0 Å². The van der Waals surface area contributed by atoms with Crippen molar-refractivity contribution in [1.29, 1.82) is 0 Å². The summed E-state index contributed by atoms with van der Waals surface area (Å²) in [6, 6.07) is 10.4. The van der Waals surface area contributed by atoms with Crippen molar-refractivity contribution in [2.75, 3.05) is 0 Å². The van der Waals surface area contributed by atoms with Gasteiger partial charge in [-0.25, -0.2) is 5.10 Å². The Morgan fingerprint density at radius 3 is 2.83 bits per heavy atom. The number of benzene rings is 1. The summed E-state index contributed by atoms with van der Waals surface area (Å²) < 4.78 is 2.07. The number of nitrogens with zero attached hydrogens (tertiary/aromatic N) is 5. The van der Waals surface area contributed by atoms with Crippen molar-refractivity contribution in [1.82, 2.24) is 30.4 Å². The molecule has 0 amide bonds. The molecule has 3 aromatic rings. The molecule has 24 heavy (non-hydrogen) atoms. The number of aromatic nitrogens is 6. The zero-order valence-corrected chi connectivity index (χ0v) is 13.7. The molecule has 6 nitrogen and oxygen atoms in total. The smallest absolute Gasteiger partial charge is 0.200 e. The van der Waals surface area contributed by atoms with Crippen LogP contribution in [0.5, 0.6) is 0 Å². The standard InChI is InChI=1S/C18H20N6/c1-2-3-7-14-10-15-16(11-14)24(12-13-8-5-4-6-9-13)21-17(15)18-19-22-23-20-18/h4-6,8-9,11H,2-3,7,10,12H2,1H3,(H,19,20,22,23). The number of fused-ring (bicyclic) bond motifs is 1. The highest BCUT2D eigenvalue weighted by molar-refractivity contribution is 5.70. The van der Waals surface area contributed by atoms with Gasteiger partial charge in [0.1, 0.15) is 5.69 Å². The number of aromatic amines is 1. The lowest BCUT2D eigenvalue weighted by Gasteiger charge is -2.04. The van der Waals surface area contributed by atoms with E-state index in [1.807, 2.05) is 6.07 Å². The van der Waals surface area contributed by atoms with E-state index in [0.717, 1.165) is 25.1 Å². The molecule has 1 N–H and O–H groups in total. The van der Waals surface area contributed by atoms with Crippen LogP contribution < -0.4 is 0 Å². The van der Waals surface area contributed by atoms with Gasteiger partial charge in [-0.15, -0.1) is 5.10 Å². The first-order valence-corrected chi connectivity index (χ1v) is 8.42. The van der Waals surface area contributed by atoms with Crippen molar-refractivity contribution >= 4 is 6.08 Å². The highest BCUT2D eigenvalue weighted by atomic mass is 15.5. The Morgan fingerprint density at radius 2 is 2.08 bits per heavy atom. The van der Waals surface area contributed by atoms with Crippen LogP contribution in [-0.4, -0.2) is 30.4 Å². The summed E-state index contributed by atoms with van der Waals surface area (Å²) in [5, 5.41) is 19.1. The Labute approximate surface area is 140 Å². The Kier molecular flexibility index (Phi) is 3.94. The first-order valence-electron chi connectivity index (χ1n) is 8.42. The maximum Gasteiger partial charge on any atom is 0.200 e. The zero-order valence-electron chi connectivity index (χ0n) is 13.7. The minimum absolute atomic E-state index is 0.642. The van der Waals surface area contributed by atoms with E-state index >= 15 is 0 Å². The quantitative estimate of drug-likeness (QED) is 0.757. The molecule has 0 radical (unpaired) electrons. The Hall–Kier alpha value is -2.76. The van der Waals surface area contributed by atoms with Gasteiger partial charge in [-0.2, -0.15) is 5.10 Å². The number of allylic oxidation sites excluding steroid dienone is 1. The third-order valence-corrected chi connectivity index (χ3v) is 4.43. The van der Waals surface area contributed by atoms with E-state index in [4.69, 9.17) is 5.10 Å². The lowest BCUT2D eigenvalue weighted by Crippen LogP contribution is -2.03. The molecule has 0 atom stereocenters. The van der Waals surface area contributed by atoms with Gasteiger partial charge in [-0.1, -0.05) is 49.2 Å². The fourth-order valence-corrected chi connectivity index (χ4v) is 3.21. The Bertz CT molecular complexity index is 845. The van der Waals surface area contributed by atoms with Gasteiger partial charge < -0.3 is 0 Å². The highest BCUT2D eigenvalue weighted by Gasteiger charge is 2.25. The monoisotopic (exact) mass is 320 g/mol. The molecule has 0 saturated heterocycles. The van der Waals surface area contributed by atoms with E-state index in [1.54, 1.807) is 0 Å². The summed E-state index contributed by atoms with van der Waals surface area (Å²) in [5.74, 6) is 0.642. The first-order chi connectivity index (χ1) is 11.8. The van der Waals surface area contributed by atoms with Gasteiger partial charge in [0.15, 0.2) is 5.82 Å². The van der Waals surface area contributed by atoms with Crippen LogP contribution >= 0.6 is 0 Å². The molecule has 122 valence electrons. The second kappa shape index (κ2) is 6.39. The molecular formula is C18H20N6. The average molecular weight is 320 g/mol. The minimum Gasteiger partial charge on any atom is -0.260 e. The summed E-state index contributed by atoms with van der Waals surface area (Å²) >= 11 is 0. The van der Waals surface area contributed by atoms with Crippen LogP contribution in [0.25, 0.3) is 17.6 Å². The first kappa shape index (κ1) is 14.8. The molecule has 0 aliphatic heterocycles. The number of rotatable bonds is 6. The topological polar surface area (TPSA) is 72.3 Å². The van der Waals surface area contributed by atoms with E-state index < -0.39 is 0 Å². The van der Waals surface area contributed by atoms with Gasteiger partial charge in [0.2, 0.25) is 0 Å². The largest absolute Gasteiger partial charge is 0.260 e. The second-order valence-corrected chi connectivity index (χ2v) is 6.19. The fraction of sp³-hybridized carbons (Fsp3) is 0.333. The molecule has 0 fully saturated rings. The van der Waals surface area contributed by atoms with E-state index in [-0.39, 0.29) is 0 Å². The second-order valence-electron chi connectivity index (χ2n) is 6.19. The van der Waals surface area contributed by atoms with Gasteiger partial charge in [0.05, 0.1) is 12.2 Å². The Balaban J connectivity index is 1.71. The number of unbranched alkanes of at least 4 members (excludes halogenated alkanes) is 1. The number of hydrogen-bond donors (Lipinski definition) is 1. The van der Waals surface area contributed by atoms with Crippen LogP contribution in [0.3, 0.4) is 0 Å². The van der Waals surface area contributed by atoms with E-state index in [1.165, 1.54) is 35.2 Å². The predicted octanol–water partition coefficient (Wildman–Crippen LogP) is 3.24. The normalized spacial score (nSPS) is 13.1. The van der Waals surface area contributed by atoms with E-state index in [2.05, 4.69) is 62.6 Å². The van der Waals surface area contributed by atoms with Gasteiger partial charge in [-0.05, 0) is 41.3 Å². The third-order valence-electron chi connectivity index (χ3n) is 4.43. The molecule has 0 bridgehead atoms. The Morgan fingerprint density at radius 1 is 1.21 bits per heavy atom. The molecule has 2 aromatic heterocycles. The van der Waals surface area contributed by atoms with Crippen molar-refractivity contribution in [2.45, 2.75) is 39.2 Å². The lowest BCUT2D eigenvalue weighted by atomic mass is 10.1. The van der Waals surface area contributed by atoms with Crippen LogP contribution in [0.2, 0.25) is 0 Å². The number of tetrazole rings is 1. The van der Waals surface area contributed by atoms with Crippen molar-refractivity contribution in [3.8, 4) is 11.5 Å². The number of H-pyrrole nitrogens is 1. The maximum absolute atomic E-state index is 4.78. The van der Waals surface area contributed by atoms with Crippen molar-refractivity contribution in [2.24, 2.45) is 0 Å². The molecule has 1 aliphatic carbocycles.